The summed E-state index contributed by atoms with van der Waals surface area (Å²) in [5, 5.41) is 0. The van der Waals surface area contributed by atoms with Gasteiger partial charge in [-0.25, -0.2) is 0 Å². The number of benzene rings is 1. The third-order valence-corrected chi connectivity index (χ3v) is 4.28. The summed E-state index contributed by atoms with van der Waals surface area (Å²) in [5.41, 5.74) is 0.616. The lowest BCUT2D eigenvalue weighted by atomic mass is 10.2. The summed E-state index contributed by atoms with van der Waals surface area (Å²) >= 11 is 0. The first-order valence-electron chi connectivity index (χ1n) is 12.1. The first-order chi connectivity index (χ1) is 17.7. The Balaban J connectivity index is 1.68. The molecule has 0 fully saturated rings. The number of hydrogen-bond acceptors (Lipinski definition) is 11. The number of ether oxygens (including phenoxy) is 9. The van der Waals surface area contributed by atoms with E-state index in [1.165, 1.54) is 6.92 Å². The number of carbonyl (C=O) groups excluding carboxylic acids is 2. The van der Waals surface area contributed by atoms with Gasteiger partial charge in [-0.1, -0.05) is 0 Å². The molecule has 0 aliphatic rings. The first kappa shape index (κ1) is 31.9. The number of carbonyl (C=O) groups is 2. The molecule has 0 unspecified atom stereocenters. The van der Waals surface area contributed by atoms with Crippen LogP contribution < -0.4 is 4.74 Å². The third-order valence-electron chi connectivity index (χ3n) is 4.28. The van der Waals surface area contributed by atoms with Crippen LogP contribution >= 0.6 is 0 Å². The van der Waals surface area contributed by atoms with E-state index in [-0.39, 0.29) is 12.6 Å². The van der Waals surface area contributed by atoms with E-state index >= 15 is 0 Å². The molecule has 0 atom stereocenters. The van der Waals surface area contributed by atoms with Gasteiger partial charge in [-0.2, -0.15) is 0 Å². The second kappa shape index (κ2) is 24.6. The average molecular weight is 517 g/mol. The maximum absolute atomic E-state index is 10.6. The molecule has 0 aromatic heterocycles. The largest absolute Gasteiger partial charge is 0.491 e. The molecule has 0 saturated carbocycles. The Morgan fingerprint density at radius 2 is 0.889 bits per heavy atom. The highest BCUT2D eigenvalue weighted by Gasteiger charge is 1.97. The zero-order valence-electron chi connectivity index (χ0n) is 21.2. The van der Waals surface area contributed by atoms with Crippen LogP contribution in [0.5, 0.6) is 5.75 Å². The summed E-state index contributed by atoms with van der Waals surface area (Å²) in [6.07, 6.45) is 0.794. The summed E-state index contributed by atoms with van der Waals surface area (Å²) in [5.74, 6) is 0.389. The van der Waals surface area contributed by atoms with Crippen molar-refractivity contribution in [3.05, 3.63) is 29.8 Å². The van der Waals surface area contributed by atoms with Gasteiger partial charge in [0.25, 0.3) is 0 Å². The monoisotopic (exact) mass is 516 g/mol. The van der Waals surface area contributed by atoms with Gasteiger partial charge in [0.05, 0.1) is 92.5 Å². The smallest absolute Gasteiger partial charge is 0.302 e. The predicted molar refractivity (Wildman–Crippen MR) is 130 cm³/mol. The van der Waals surface area contributed by atoms with Crippen LogP contribution in [0, 0.1) is 0 Å². The van der Waals surface area contributed by atoms with Gasteiger partial charge in [-0.15, -0.1) is 0 Å². The second-order valence-corrected chi connectivity index (χ2v) is 7.16. The number of rotatable bonds is 26. The van der Waals surface area contributed by atoms with E-state index in [9.17, 15) is 9.59 Å². The van der Waals surface area contributed by atoms with E-state index < -0.39 is 0 Å². The third kappa shape index (κ3) is 21.2. The van der Waals surface area contributed by atoms with E-state index in [0.29, 0.717) is 110 Å². The molecule has 0 bridgehead atoms. The lowest BCUT2D eigenvalue weighted by Gasteiger charge is -2.09. The van der Waals surface area contributed by atoms with Gasteiger partial charge < -0.3 is 42.6 Å². The van der Waals surface area contributed by atoms with Gasteiger partial charge in [0, 0.05) is 12.5 Å². The van der Waals surface area contributed by atoms with Crippen molar-refractivity contribution in [1.82, 2.24) is 0 Å². The fourth-order valence-electron chi connectivity index (χ4n) is 2.53. The fraction of sp³-hybridized carbons (Fsp3) is 0.680. The van der Waals surface area contributed by atoms with Crippen molar-refractivity contribution >= 4 is 12.3 Å². The van der Waals surface area contributed by atoms with Gasteiger partial charge in [-0.3, -0.25) is 9.59 Å². The fourth-order valence-corrected chi connectivity index (χ4v) is 2.53. The highest BCUT2D eigenvalue weighted by atomic mass is 16.6. The number of esters is 1. The quantitative estimate of drug-likeness (QED) is 0.101. The molecule has 0 spiro atoms. The van der Waals surface area contributed by atoms with Gasteiger partial charge in [0.2, 0.25) is 0 Å². The Labute approximate surface area is 213 Å². The molecule has 1 rings (SSSR count). The van der Waals surface area contributed by atoms with Crippen molar-refractivity contribution in [3.8, 4) is 5.75 Å². The minimum Gasteiger partial charge on any atom is -0.491 e. The van der Waals surface area contributed by atoms with Crippen LogP contribution in [0.2, 0.25) is 0 Å². The molecule has 0 aliphatic carbocycles. The zero-order valence-corrected chi connectivity index (χ0v) is 21.2. The molecule has 1 aromatic rings. The molecular weight excluding hydrogens is 476 g/mol. The lowest BCUT2D eigenvalue weighted by molar-refractivity contribution is -0.142. The normalized spacial score (nSPS) is 10.9. The summed E-state index contributed by atoms with van der Waals surface area (Å²) in [6.45, 7) is 8.64. The zero-order chi connectivity index (χ0) is 25.9. The molecule has 0 aliphatic heterocycles. The highest BCUT2D eigenvalue weighted by Crippen LogP contribution is 2.10. The van der Waals surface area contributed by atoms with Gasteiger partial charge in [0.1, 0.15) is 25.2 Å². The summed E-state index contributed by atoms with van der Waals surface area (Å²) in [4.78, 5) is 21.2. The minimum atomic E-state index is -0.313. The van der Waals surface area contributed by atoms with E-state index in [2.05, 4.69) is 0 Å². The molecule has 1 aromatic carbocycles. The van der Waals surface area contributed by atoms with Crippen molar-refractivity contribution in [2.24, 2.45) is 0 Å². The van der Waals surface area contributed by atoms with Crippen LogP contribution in [-0.2, 0) is 42.7 Å². The second-order valence-electron chi connectivity index (χ2n) is 7.16. The standard InChI is InChI=1S/C25H40O11/c1-23(27)35-20-18-33-16-14-31-12-10-29-8-6-28-7-9-30-11-13-32-15-17-34-19-21-36-25-4-2-24(22-26)3-5-25/h2-5,22H,6-21H2,1H3. The van der Waals surface area contributed by atoms with Crippen molar-refractivity contribution in [2.45, 2.75) is 6.92 Å². The maximum Gasteiger partial charge on any atom is 0.302 e. The number of hydrogen-bond donors (Lipinski definition) is 0. The van der Waals surface area contributed by atoms with Crippen LogP contribution in [0.25, 0.3) is 0 Å². The Bertz CT molecular complexity index is 639. The molecular formula is C25H40O11. The first-order valence-corrected chi connectivity index (χ1v) is 12.1. The van der Waals surface area contributed by atoms with Gasteiger partial charge >= 0.3 is 5.97 Å². The molecule has 0 N–H and O–H groups in total. The number of aldehydes is 1. The lowest BCUT2D eigenvalue weighted by Crippen LogP contribution is -2.15. The van der Waals surface area contributed by atoms with Crippen LogP contribution in [0.3, 0.4) is 0 Å². The van der Waals surface area contributed by atoms with Gasteiger partial charge in [0.15, 0.2) is 0 Å². The van der Waals surface area contributed by atoms with E-state index in [4.69, 9.17) is 42.6 Å². The molecule has 11 heteroatoms. The topological polar surface area (TPSA) is 117 Å². The van der Waals surface area contributed by atoms with Crippen molar-refractivity contribution in [1.29, 1.82) is 0 Å². The molecule has 0 saturated heterocycles. The highest BCUT2D eigenvalue weighted by molar-refractivity contribution is 5.74. The summed E-state index contributed by atoms with van der Waals surface area (Å²) < 4.78 is 48.0. The van der Waals surface area contributed by atoms with Crippen LogP contribution in [0.15, 0.2) is 24.3 Å². The summed E-state index contributed by atoms with van der Waals surface area (Å²) in [6, 6.07) is 6.92. The molecule has 0 amide bonds. The summed E-state index contributed by atoms with van der Waals surface area (Å²) in [7, 11) is 0. The minimum absolute atomic E-state index is 0.257. The van der Waals surface area contributed by atoms with Crippen molar-refractivity contribution in [3.63, 3.8) is 0 Å². The molecule has 206 valence electrons. The molecule has 0 heterocycles. The Morgan fingerprint density at radius 1 is 0.556 bits per heavy atom. The Morgan fingerprint density at radius 3 is 1.22 bits per heavy atom. The van der Waals surface area contributed by atoms with E-state index in [1.807, 2.05) is 0 Å². The Hall–Kier alpha value is -2.12. The predicted octanol–water partition coefficient (Wildman–Crippen LogP) is 1.56. The van der Waals surface area contributed by atoms with Gasteiger partial charge in [-0.05, 0) is 24.3 Å². The van der Waals surface area contributed by atoms with E-state index in [1.54, 1.807) is 24.3 Å². The van der Waals surface area contributed by atoms with Crippen LogP contribution in [0.4, 0.5) is 0 Å². The average Bonchev–Trinajstić information content (AvgIpc) is 2.88. The van der Waals surface area contributed by atoms with Crippen LogP contribution in [-0.4, -0.2) is 118 Å². The maximum atomic E-state index is 10.6. The Kier molecular flexibility index (Phi) is 21.8. The molecule has 36 heavy (non-hydrogen) atoms. The van der Waals surface area contributed by atoms with Crippen molar-refractivity contribution < 1.29 is 52.2 Å². The molecule has 11 nitrogen and oxygen atoms in total. The van der Waals surface area contributed by atoms with E-state index in [0.717, 1.165) is 6.29 Å². The van der Waals surface area contributed by atoms with Crippen LogP contribution in [0.1, 0.15) is 17.3 Å². The van der Waals surface area contributed by atoms with Crippen molar-refractivity contribution in [2.75, 3.05) is 106 Å². The molecule has 0 radical (unpaired) electrons. The SMILES string of the molecule is CC(=O)OCCOCCOCCOCCOCCOCCOCCOCCOc1ccc(C=O)cc1.